The van der Waals surface area contributed by atoms with Crippen LogP contribution >= 0.6 is 0 Å². The summed E-state index contributed by atoms with van der Waals surface area (Å²) in [7, 11) is 3.04. The molecule has 0 fully saturated rings. The van der Waals surface area contributed by atoms with Crippen molar-refractivity contribution in [3.05, 3.63) is 12.2 Å². The largest absolute Gasteiger partial charge is 0.356 e. The van der Waals surface area contributed by atoms with Gasteiger partial charge in [-0.1, -0.05) is 6.58 Å². The van der Waals surface area contributed by atoms with Gasteiger partial charge in [0, 0.05) is 20.6 Å². The molecule has 0 aliphatic heterocycles. The molecule has 0 unspecified atom stereocenters. The molecule has 0 aromatic heterocycles. The van der Waals surface area contributed by atoms with E-state index in [9.17, 15) is 4.79 Å². The lowest BCUT2D eigenvalue weighted by Gasteiger charge is -2.11. The van der Waals surface area contributed by atoms with E-state index in [4.69, 9.17) is 9.47 Å². The highest BCUT2D eigenvalue weighted by Gasteiger charge is 2.05. The smallest absolute Gasteiger partial charge is 0.160 e. The van der Waals surface area contributed by atoms with E-state index >= 15 is 0 Å². The number of hydrogen-bond donors (Lipinski definition) is 0. The Morgan fingerprint density at radius 1 is 1.60 bits per heavy atom. The maximum absolute atomic E-state index is 10.1. The van der Waals surface area contributed by atoms with Gasteiger partial charge in [0.2, 0.25) is 0 Å². The monoisotopic (exact) mass is 144 g/mol. The minimum atomic E-state index is -0.349. The summed E-state index contributed by atoms with van der Waals surface area (Å²) in [4.78, 5) is 10.1. The highest BCUT2D eigenvalue weighted by atomic mass is 16.7. The molecule has 0 aliphatic carbocycles. The van der Waals surface area contributed by atoms with Crippen molar-refractivity contribution in [3.8, 4) is 0 Å². The predicted octanol–water partition coefficient (Wildman–Crippen LogP) is 0.750. The second kappa shape index (κ2) is 5.14. The quantitative estimate of drug-likeness (QED) is 0.324. The molecule has 10 heavy (non-hydrogen) atoms. The fourth-order valence-corrected chi connectivity index (χ4v) is 0.525. The highest BCUT2D eigenvalue weighted by molar-refractivity contribution is 5.71. The third kappa shape index (κ3) is 3.37. The predicted molar refractivity (Wildman–Crippen MR) is 37.6 cm³/mol. The molecule has 0 radical (unpaired) electrons. The van der Waals surface area contributed by atoms with E-state index in [1.54, 1.807) is 0 Å². The maximum Gasteiger partial charge on any atom is 0.160 e. The minimum Gasteiger partial charge on any atom is -0.356 e. The Morgan fingerprint density at radius 3 is 2.40 bits per heavy atom. The van der Waals surface area contributed by atoms with Gasteiger partial charge in [0.25, 0.3) is 0 Å². The van der Waals surface area contributed by atoms with Gasteiger partial charge in [0.05, 0.1) is 0 Å². The summed E-state index contributed by atoms with van der Waals surface area (Å²) >= 11 is 0. The van der Waals surface area contributed by atoms with Crippen LogP contribution in [0.25, 0.3) is 0 Å². The number of rotatable bonds is 5. The van der Waals surface area contributed by atoms with Gasteiger partial charge < -0.3 is 9.47 Å². The van der Waals surface area contributed by atoms with Crippen LogP contribution in [0.5, 0.6) is 0 Å². The summed E-state index contributed by atoms with van der Waals surface area (Å²) in [6.07, 6.45) is 0.777. The summed E-state index contributed by atoms with van der Waals surface area (Å²) < 4.78 is 9.66. The second-order valence-corrected chi connectivity index (χ2v) is 1.88. The normalized spacial score (nSPS) is 9.90. The van der Waals surface area contributed by atoms with Crippen LogP contribution < -0.4 is 0 Å². The van der Waals surface area contributed by atoms with E-state index in [2.05, 4.69) is 6.58 Å². The van der Waals surface area contributed by atoms with Crippen LogP contribution in [0.15, 0.2) is 12.2 Å². The fraction of sp³-hybridized carbons (Fsp3) is 0.571. The van der Waals surface area contributed by atoms with E-state index in [0.717, 1.165) is 0 Å². The number of carbonyl (C=O) groups excluding carboxylic acids is 1. The molecule has 0 aliphatic rings. The molecule has 3 heteroatoms. The van der Waals surface area contributed by atoms with Crippen LogP contribution in [0.3, 0.4) is 0 Å². The SMILES string of the molecule is C=C(C=O)CC(OC)OC. The van der Waals surface area contributed by atoms with Gasteiger partial charge in [-0.05, 0) is 5.57 Å². The van der Waals surface area contributed by atoms with E-state index in [0.29, 0.717) is 18.3 Å². The number of carbonyl (C=O) groups is 1. The van der Waals surface area contributed by atoms with Gasteiger partial charge in [-0.3, -0.25) is 4.79 Å². The lowest BCUT2D eigenvalue weighted by Crippen LogP contribution is -2.13. The zero-order chi connectivity index (χ0) is 7.98. The van der Waals surface area contributed by atoms with Gasteiger partial charge in [0.15, 0.2) is 6.29 Å². The Labute approximate surface area is 60.6 Å². The highest BCUT2D eigenvalue weighted by Crippen LogP contribution is 2.03. The fourth-order valence-electron chi connectivity index (χ4n) is 0.525. The van der Waals surface area contributed by atoms with Crippen LogP contribution in [0.2, 0.25) is 0 Å². The standard InChI is InChI=1S/C7H12O3/c1-6(5-8)4-7(9-2)10-3/h5,7H,1,4H2,2-3H3. The van der Waals surface area contributed by atoms with Crippen molar-refractivity contribution in [2.75, 3.05) is 14.2 Å². The second-order valence-electron chi connectivity index (χ2n) is 1.88. The van der Waals surface area contributed by atoms with Crippen LogP contribution in [0.4, 0.5) is 0 Å². The summed E-state index contributed by atoms with van der Waals surface area (Å²) in [6.45, 7) is 3.48. The summed E-state index contributed by atoms with van der Waals surface area (Å²) in [5.41, 5.74) is 0.480. The third-order valence-corrected chi connectivity index (χ3v) is 1.12. The first kappa shape index (κ1) is 9.33. The average Bonchev–Trinajstić information content (AvgIpc) is 1.99. The molecule has 0 rings (SSSR count). The van der Waals surface area contributed by atoms with E-state index in [1.165, 1.54) is 14.2 Å². The molecule has 0 aromatic carbocycles. The molecule has 0 spiro atoms. The maximum atomic E-state index is 10.1. The van der Waals surface area contributed by atoms with Crippen molar-refractivity contribution >= 4 is 6.29 Å². The van der Waals surface area contributed by atoms with Gasteiger partial charge in [-0.25, -0.2) is 0 Å². The van der Waals surface area contributed by atoms with Crippen LogP contribution in [-0.2, 0) is 14.3 Å². The summed E-state index contributed by atoms with van der Waals surface area (Å²) in [5, 5.41) is 0. The summed E-state index contributed by atoms with van der Waals surface area (Å²) in [6, 6.07) is 0. The van der Waals surface area contributed by atoms with Gasteiger partial charge >= 0.3 is 0 Å². The molecular formula is C7H12O3. The van der Waals surface area contributed by atoms with E-state index in [-0.39, 0.29) is 6.29 Å². The summed E-state index contributed by atoms with van der Waals surface area (Å²) in [5.74, 6) is 0. The van der Waals surface area contributed by atoms with E-state index in [1.807, 2.05) is 0 Å². The molecule has 0 aromatic rings. The molecule has 0 saturated carbocycles. The van der Waals surface area contributed by atoms with Crippen molar-refractivity contribution in [2.24, 2.45) is 0 Å². The molecule has 0 amide bonds. The van der Waals surface area contributed by atoms with Gasteiger partial charge in [-0.2, -0.15) is 0 Å². The van der Waals surface area contributed by atoms with Crippen LogP contribution in [0.1, 0.15) is 6.42 Å². The van der Waals surface area contributed by atoms with E-state index < -0.39 is 0 Å². The topological polar surface area (TPSA) is 35.5 Å². The molecule has 0 N–H and O–H groups in total. The third-order valence-electron chi connectivity index (χ3n) is 1.12. The minimum absolute atomic E-state index is 0.349. The molecule has 0 saturated heterocycles. The van der Waals surface area contributed by atoms with Crippen LogP contribution in [-0.4, -0.2) is 26.8 Å². The Kier molecular flexibility index (Phi) is 4.80. The van der Waals surface area contributed by atoms with Gasteiger partial charge in [-0.15, -0.1) is 0 Å². The Bertz CT molecular complexity index is 116. The molecule has 0 bridgehead atoms. The van der Waals surface area contributed by atoms with Crippen molar-refractivity contribution in [2.45, 2.75) is 12.7 Å². The number of ether oxygens (including phenoxy) is 2. The molecule has 58 valence electrons. The van der Waals surface area contributed by atoms with Crippen molar-refractivity contribution in [3.63, 3.8) is 0 Å². The number of methoxy groups -OCH3 is 2. The number of aldehydes is 1. The zero-order valence-electron chi connectivity index (χ0n) is 6.29. The first-order chi connectivity index (χ1) is 4.74. The van der Waals surface area contributed by atoms with Crippen molar-refractivity contribution in [1.82, 2.24) is 0 Å². The Balaban J connectivity index is 3.62. The Hall–Kier alpha value is -0.670. The number of hydrogen-bond acceptors (Lipinski definition) is 3. The lowest BCUT2D eigenvalue weighted by molar-refractivity contribution is -0.111. The van der Waals surface area contributed by atoms with Crippen molar-refractivity contribution < 1.29 is 14.3 Å². The van der Waals surface area contributed by atoms with Crippen LogP contribution in [0, 0.1) is 0 Å². The Morgan fingerprint density at radius 2 is 2.10 bits per heavy atom. The molecule has 0 heterocycles. The molecule has 3 nitrogen and oxygen atoms in total. The lowest BCUT2D eigenvalue weighted by atomic mass is 10.2. The zero-order valence-corrected chi connectivity index (χ0v) is 6.29. The van der Waals surface area contributed by atoms with Crippen molar-refractivity contribution in [1.29, 1.82) is 0 Å². The molecular weight excluding hydrogens is 132 g/mol. The average molecular weight is 144 g/mol. The first-order valence-corrected chi connectivity index (χ1v) is 2.93. The van der Waals surface area contributed by atoms with Gasteiger partial charge in [0.1, 0.15) is 6.29 Å². The first-order valence-electron chi connectivity index (χ1n) is 2.93. The molecule has 0 atom stereocenters.